The van der Waals surface area contributed by atoms with Crippen molar-refractivity contribution < 1.29 is 14.3 Å². The van der Waals surface area contributed by atoms with Gasteiger partial charge in [-0.25, -0.2) is 4.79 Å². The van der Waals surface area contributed by atoms with Gasteiger partial charge < -0.3 is 14.1 Å². The van der Waals surface area contributed by atoms with E-state index in [4.69, 9.17) is 4.74 Å². The van der Waals surface area contributed by atoms with Crippen LogP contribution in [0.25, 0.3) is 10.9 Å². The second-order valence-corrected chi connectivity index (χ2v) is 6.97. The summed E-state index contributed by atoms with van der Waals surface area (Å²) in [5, 5.41) is 0.944. The fourth-order valence-corrected chi connectivity index (χ4v) is 2.59. The van der Waals surface area contributed by atoms with Crippen LogP contribution in [0.5, 0.6) is 0 Å². The SMILES string of the molecule is CN(C(=O)OC(C)(C)C)C(C)(C=O)c1cccc2c1ccn2C. The Labute approximate surface area is 136 Å². The van der Waals surface area contributed by atoms with Gasteiger partial charge in [-0.2, -0.15) is 0 Å². The zero-order chi connectivity index (χ0) is 17.4. The van der Waals surface area contributed by atoms with E-state index in [-0.39, 0.29) is 0 Å². The number of aldehydes is 1. The maximum absolute atomic E-state index is 12.4. The van der Waals surface area contributed by atoms with Crippen LogP contribution in [0, 0.1) is 0 Å². The lowest BCUT2D eigenvalue weighted by Gasteiger charge is -2.36. The normalized spacial score (nSPS) is 14.3. The Morgan fingerprint density at radius 2 is 1.87 bits per heavy atom. The topological polar surface area (TPSA) is 51.5 Å². The molecule has 0 saturated heterocycles. The van der Waals surface area contributed by atoms with Gasteiger partial charge in [0.1, 0.15) is 17.4 Å². The summed E-state index contributed by atoms with van der Waals surface area (Å²) in [6.07, 6.45) is 2.20. The Bertz CT molecular complexity index is 742. The number of aromatic nitrogens is 1. The van der Waals surface area contributed by atoms with Gasteiger partial charge in [-0.3, -0.25) is 4.90 Å². The minimum absolute atomic E-state index is 0.528. The summed E-state index contributed by atoms with van der Waals surface area (Å²) < 4.78 is 7.39. The molecule has 5 nitrogen and oxygen atoms in total. The third-order valence-electron chi connectivity index (χ3n) is 4.07. The molecule has 2 rings (SSSR count). The predicted octanol–water partition coefficient (Wildman–Crippen LogP) is 3.46. The molecule has 2 aromatic rings. The van der Waals surface area contributed by atoms with E-state index in [9.17, 15) is 9.59 Å². The number of carbonyl (C=O) groups is 2. The summed E-state index contributed by atoms with van der Waals surface area (Å²) in [6, 6.07) is 7.70. The number of benzene rings is 1. The van der Waals surface area contributed by atoms with Crippen molar-refractivity contribution in [2.75, 3.05) is 7.05 Å². The maximum atomic E-state index is 12.4. The quantitative estimate of drug-likeness (QED) is 0.815. The Balaban J connectivity index is 2.51. The van der Waals surface area contributed by atoms with Gasteiger partial charge in [0, 0.05) is 31.2 Å². The first-order chi connectivity index (χ1) is 10.6. The number of hydrogen-bond acceptors (Lipinski definition) is 3. The van der Waals surface area contributed by atoms with Crippen molar-refractivity contribution >= 4 is 23.3 Å². The zero-order valence-electron chi connectivity index (χ0n) is 14.6. The molecule has 1 aromatic heterocycles. The molecule has 1 amide bonds. The van der Waals surface area contributed by atoms with E-state index < -0.39 is 17.2 Å². The number of aryl methyl sites for hydroxylation is 1. The van der Waals surface area contributed by atoms with E-state index >= 15 is 0 Å². The smallest absolute Gasteiger partial charge is 0.411 e. The second-order valence-electron chi connectivity index (χ2n) is 6.97. The molecule has 1 aromatic carbocycles. The summed E-state index contributed by atoms with van der Waals surface area (Å²) >= 11 is 0. The van der Waals surface area contributed by atoms with Gasteiger partial charge in [0.05, 0.1) is 0 Å². The van der Waals surface area contributed by atoms with Gasteiger partial charge in [-0.15, -0.1) is 0 Å². The fourth-order valence-electron chi connectivity index (χ4n) is 2.59. The van der Waals surface area contributed by atoms with Crippen LogP contribution >= 0.6 is 0 Å². The van der Waals surface area contributed by atoms with Crippen molar-refractivity contribution in [1.82, 2.24) is 9.47 Å². The molecule has 0 N–H and O–H groups in total. The predicted molar refractivity (Wildman–Crippen MR) is 90.3 cm³/mol. The lowest BCUT2D eigenvalue weighted by atomic mass is 9.89. The molecule has 1 unspecified atom stereocenters. The summed E-state index contributed by atoms with van der Waals surface area (Å²) in [4.78, 5) is 25.7. The highest BCUT2D eigenvalue weighted by Crippen LogP contribution is 2.32. The molecule has 23 heavy (non-hydrogen) atoms. The Morgan fingerprint density at radius 3 is 2.43 bits per heavy atom. The van der Waals surface area contributed by atoms with E-state index in [0.717, 1.165) is 22.8 Å². The van der Waals surface area contributed by atoms with Crippen LogP contribution in [0.4, 0.5) is 4.79 Å². The number of likely N-dealkylation sites (N-methyl/N-ethyl adjacent to an activating group) is 1. The van der Waals surface area contributed by atoms with Gasteiger partial charge in [0.2, 0.25) is 0 Å². The molecular weight excluding hydrogens is 292 g/mol. The van der Waals surface area contributed by atoms with Crippen molar-refractivity contribution in [2.24, 2.45) is 7.05 Å². The van der Waals surface area contributed by atoms with Crippen LogP contribution in [0.15, 0.2) is 30.5 Å². The number of ether oxygens (including phenoxy) is 1. The Kier molecular flexibility index (Phi) is 4.24. The first-order valence-corrected chi connectivity index (χ1v) is 7.58. The maximum Gasteiger partial charge on any atom is 0.411 e. The van der Waals surface area contributed by atoms with E-state index in [1.54, 1.807) is 34.7 Å². The number of fused-ring (bicyclic) bond motifs is 1. The lowest BCUT2D eigenvalue weighted by molar-refractivity contribution is -0.117. The molecule has 0 aliphatic carbocycles. The van der Waals surface area contributed by atoms with Crippen LogP contribution in [0.1, 0.15) is 33.3 Å². The van der Waals surface area contributed by atoms with Crippen molar-refractivity contribution in [3.63, 3.8) is 0 Å². The van der Waals surface area contributed by atoms with Gasteiger partial charge >= 0.3 is 6.09 Å². The zero-order valence-corrected chi connectivity index (χ0v) is 14.6. The highest BCUT2D eigenvalue weighted by Gasteiger charge is 2.38. The van der Waals surface area contributed by atoms with Crippen molar-refractivity contribution in [3.8, 4) is 0 Å². The van der Waals surface area contributed by atoms with Crippen LogP contribution in [0.3, 0.4) is 0 Å². The molecule has 0 aliphatic rings. The summed E-state index contributed by atoms with van der Waals surface area (Å²) in [7, 11) is 3.53. The number of carbonyl (C=O) groups excluding carboxylic acids is 2. The lowest BCUT2D eigenvalue weighted by Crippen LogP contribution is -2.48. The molecule has 0 bridgehead atoms. The standard InChI is InChI=1S/C18H24N2O3/c1-17(2,3)23-16(22)20(6)18(4,12-21)14-8-7-9-15-13(14)10-11-19(15)5/h7-12H,1-6H3. The number of amides is 1. The van der Waals surface area contributed by atoms with E-state index in [2.05, 4.69) is 0 Å². The van der Waals surface area contributed by atoms with Crippen molar-refractivity contribution in [2.45, 2.75) is 38.8 Å². The largest absolute Gasteiger partial charge is 0.444 e. The highest BCUT2D eigenvalue weighted by atomic mass is 16.6. The molecule has 0 aliphatic heterocycles. The van der Waals surface area contributed by atoms with Crippen LogP contribution in [0.2, 0.25) is 0 Å². The van der Waals surface area contributed by atoms with Crippen LogP contribution in [-0.2, 0) is 22.1 Å². The van der Waals surface area contributed by atoms with E-state index in [0.29, 0.717) is 0 Å². The van der Waals surface area contributed by atoms with Crippen LogP contribution < -0.4 is 0 Å². The minimum Gasteiger partial charge on any atom is -0.444 e. The average Bonchev–Trinajstić information content (AvgIpc) is 2.85. The molecule has 1 heterocycles. The molecule has 0 radical (unpaired) electrons. The highest BCUT2D eigenvalue weighted by molar-refractivity contribution is 5.90. The summed E-state index contributed by atoms with van der Waals surface area (Å²) in [6.45, 7) is 7.13. The first kappa shape index (κ1) is 17.1. The average molecular weight is 316 g/mol. The van der Waals surface area contributed by atoms with E-state index in [1.807, 2.05) is 42.1 Å². The summed E-state index contributed by atoms with van der Waals surface area (Å²) in [5.41, 5.74) is 0.0593. The number of hydrogen-bond donors (Lipinski definition) is 0. The van der Waals surface area contributed by atoms with Gasteiger partial charge in [-0.1, -0.05) is 12.1 Å². The molecular formula is C18H24N2O3. The fraction of sp³-hybridized carbons (Fsp3) is 0.444. The molecule has 0 saturated carbocycles. The molecule has 5 heteroatoms. The van der Waals surface area contributed by atoms with Gasteiger partial charge in [-0.05, 0) is 45.4 Å². The Morgan fingerprint density at radius 1 is 1.22 bits per heavy atom. The third-order valence-corrected chi connectivity index (χ3v) is 4.07. The second kappa shape index (κ2) is 5.72. The first-order valence-electron chi connectivity index (χ1n) is 7.58. The van der Waals surface area contributed by atoms with Crippen molar-refractivity contribution in [1.29, 1.82) is 0 Å². The molecule has 0 spiro atoms. The third kappa shape index (κ3) is 3.09. The van der Waals surface area contributed by atoms with E-state index in [1.165, 1.54) is 4.90 Å². The van der Waals surface area contributed by atoms with Crippen LogP contribution in [-0.4, -0.2) is 34.5 Å². The number of nitrogens with zero attached hydrogens (tertiary/aromatic N) is 2. The molecule has 124 valence electrons. The van der Waals surface area contributed by atoms with Crippen molar-refractivity contribution in [3.05, 3.63) is 36.0 Å². The van der Waals surface area contributed by atoms with Gasteiger partial charge in [0.15, 0.2) is 0 Å². The number of rotatable bonds is 3. The minimum atomic E-state index is -1.11. The Hall–Kier alpha value is -2.30. The molecule has 0 fully saturated rings. The molecule has 1 atom stereocenters. The monoisotopic (exact) mass is 316 g/mol. The summed E-state index contributed by atoms with van der Waals surface area (Å²) in [5.74, 6) is 0. The van der Waals surface area contributed by atoms with Gasteiger partial charge in [0.25, 0.3) is 0 Å².